The fourth-order valence-corrected chi connectivity index (χ4v) is 3.16. The first kappa shape index (κ1) is 14.3. The maximum atomic E-state index is 12.4. The summed E-state index contributed by atoms with van der Waals surface area (Å²) in [4.78, 5) is 25.4. The van der Waals surface area contributed by atoms with Crippen molar-refractivity contribution >= 4 is 11.8 Å². The van der Waals surface area contributed by atoms with Gasteiger partial charge in [-0.25, -0.2) is 0 Å². The molecule has 1 saturated carbocycles. The fraction of sp³-hybridized carbons (Fsp3) is 0.857. The number of likely N-dealkylation sites (tertiary alicyclic amines) is 1. The molecule has 2 amide bonds. The first-order chi connectivity index (χ1) is 9.06. The molecule has 2 rings (SSSR count). The second-order valence-electron chi connectivity index (χ2n) is 5.91. The molecule has 5 nitrogen and oxygen atoms in total. The zero-order valence-corrected chi connectivity index (χ0v) is 11.7. The molecule has 0 spiro atoms. The number of nitrogens with zero attached hydrogens (tertiary/aromatic N) is 1. The van der Waals surface area contributed by atoms with Crippen molar-refractivity contribution < 1.29 is 9.59 Å². The van der Waals surface area contributed by atoms with Crippen molar-refractivity contribution in [2.75, 3.05) is 13.1 Å². The maximum absolute atomic E-state index is 12.4. The monoisotopic (exact) mass is 267 g/mol. The van der Waals surface area contributed by atoms with Crippen LogP contribution < -0.4 is 11.1 Å². The third-order valence-electron chi connectivity index (χ3n) is 4.34. The number of nitrogens with two attached hydrogens (primary N) is 1. The Morgan fingerprint density at radius 2 is 1.63 bits per heavy atom. The van der Waals surface area contributed by atoms with Crippen molar-refractivity contribution in [2.24, 2.45) is 11.7 Å². The van der Waals surface area contributed by atoms with Crippen molar-refractivity contribution in [3.05, 3.63) is 0 Å². The van der Waals surface area contributed by atoms with E-state index in [-0.39, 0.29) is 23.9 Å². The van der Waals surface area contributed by atoms with Gasteiger partial charge in [0.1, 0.15) is 0 Å². The number of carbonyl (C=O) groups excluding carboxylic acids is 2. The van der Waals surface area contributed by atoms with Gasteiger partial charge in [-0.15, -0.1) is 0 Å². The van der Waals surface area contributed by atoms with Gasteiger partial charge >= 0.3 is 0 Å². The van der Waals surface area contributed by atoms with Gasteiger partial charge in [0.05, 0.1) is 0 Å². The third-order valence-corrected chi connectivity index (χ3v) is 4.34. The van der Waals surface area contributed by atoms with Crippen LogP contribution in [0.15, 0.2) is 0 Å². The molecule has 2 fully saturated rings. The molecule has 5 heteroatoms. The topological polar surface area (TPSA) is 75.4 Å². The van der Waals surface area contributed by atoms with E-state index in [1.165, 1.54) is 0 Å². The molecule has 3 N–H and O–H groups in total. The zero-order chi connectivity index (χ0) is 13.8. The van der Waals surface area contributed by atoms with Gasteiger partial charge in [-0.1, -0.05) is 0 Å². The van der Waals surface area contributed by atoms with Gasteiger partial charge in [0, 0.05) is 38.0 Å². The van der Waals surface area contributed by atoms with Gasteiger partial charge in [-0.05, 0) is 38.5 Å². The van der Waals surface area contributed by atoms with Crippen LogP contribution in [0, 0.1) is 5.92 Å². The second-order valence-corrected chi connectivity index (χ2v) is 5.91. The lowest BCUT2D eigenvalue weighted by Gasteiger charge is -2.36. The maximum Gasteiger partial charge on any atom is 0.225 e. The number of piperidine rings is 1. The highest BCUT2D eigenvalue weighted by atomic mass is 16.2. The highest BCUT2D eigenvalue weighted by molar-refractivity contribution is 5.79. The molecule has 1 aliphatic carbocycles. The fourth-order valence-electron chi connectivity index (χ4n) is 3.16. The van der Waals surface area contributed by atoms with Gasteiger partial charge in [0.2, 0.25) is 11.8 Å². The van der Waals surface area contributed by atoms with E-state index in [2.05, 4.69) is 5.32 Å². The van der Waals surface area contributed by atoms with Crippen molar-refractivity contribution in [1.29, 1.82) is 0 Å². The van der Waals surface area contributed by atoms with Crippen LogP contribution in [0.5, 0.6) is 0 Å². The van der Waals surface area contributed by atoms with Gasteiger partial charge < -0.3 is 16.0 Å². The van der Waals surface area contributed by atoms with Crippen molar-refractivity contribution in [2.45, 2.75) is 57.5 Å². The lowest BCUT2D eigenvalue weighted by molar-refractivity contribution is -0.137. The Labute approximate surface area is 114 Å². The Morgan fingerprint density at radius 1 is 1.05 bits per heavy atom. The quantitative estimate of drug-likeness (QED) is 0.770. The summed E-state index contributed by atoms with van der Waals surface area (Å²) in [6, 6.07) is 0.524. The molecule has 2 aliphatic rings. The molecule has 0 atom stereocenters. The molecule has 0 aromatic heterocycles. The summed E-state index contributed by atoms with van der Waals surface area (Å²) in [6.07, 6.45) is 5.56. The van der Waals surface area contributed by atoms with Gasteiger partial charge in [-0.3, -0.25) is 9.59 Å². The van der Waals surface area contributed by atoms with E-state index in [0.29, 0.717) is 5.91 Å². The molecule has 0 aromatic carbocycles. The summed E-state index contributed by atoms with van der Waals surface area (Å²) >= 11 is 0. The molecule has 19 heavy (non-hydrogen) atoms. The van der Waals surface area contributed by atoms with Crippen LogP contribution in [0.2, 0.25) is 0 Å². The largest absolute Gasteiger partial charge is 0.353 e. The minimum Gasteiger partial charge on any atom is -0.353 e. The SMILES string of the molecule is CC(=O)NC1CCN(C(=O)C2CCC(N)CC2)CC1. The molecule has 1 saturated heterocycles. The van der Waals surface area contributed by atoms with Crippen molar-refractivity contribution in [3.8, 4) is 0 Å². The Bertz CT molecular complexity index is 330. The summed E-state index contributed by atoms with van der Waals surface area (Å²) < 4.78 is 0. The molecule has 0 aromatic rings. The number of carbonyl (C=O) groups is 2. The Balaban J connectivity index is 1.77. The molecule has 108 valence electrons. The average molecular weight is 267 g/mol. The Hall–Kier alpha value is -1.10. The second kappa shape index (κ2) is 6.37. The van der Waals surface area contributed by atoms with E-state index in [0.717, 1.165) is 51.6 Å². The summed E-state index contributed by atoms with van der Waals surface area (Å²) in [5.74, 6) is 0.497. The first-order valence-corrected chi connectivity index (χ1v) is 7.37. The number of amides is 2. The first-order valence-electron chi connectivity index (χ1n) is 7.37. The van der Waals surface area contributed by atoms with E-state index in [9.17, 15) is 9.59 Å². The Morgan fingerprint density at radius 3 is 2.16 bits per heavy atom. The zero-order valence-electron chi connectivity index (χ0n) is 11.7. The molecular formula is C14H25N3O2. The average Bonchev–Trinajstić information content (AvgIpc) is 2.39. The Kier molecular flexibility index (Phi) is 4.80. The van der Waals surface area contributed by atoms with Crippen molar-refractivity contribution in [1.82, 2.24) is 10.2 Å². The normalized spacial score (nSPS) is 29.1. The van der Waals surface area contributed by atoms with Crippen LogP contribution in [0.25, 0.3) is 0 Å². The summed E-state index contributed by atoms with van der Waals surface area (Å²) in [6.45, 7) is 3.08. The molecular weight excluding hydrogens is 242 g/mol. The van der Waals surface area contributed by atoms with E-state index >= 15 is 0 Å². The number of hydrogen-bond acceptors (Lipinski definition) is 3. The van der Waals surface area contributed by atoms with Crippen molar-refractivity contribution in [3.63, 3.8) is 0 Å². The summed E-state index contributed by atoms with van der Waals surface area (Å²) in [7, 11) is 0. The lowest BCUT2D eigenvalue weighted by Crippen LogP contribution is -2.48. The van der Waals surface area contributed by atoms with Gasteiger partial charge in [-0.2, -0.15) is 0 Å². The van der Waals surface area contributed by atoms with E-state index in [1.807, 2.05) is 4.90 Å². The van der Waals surface area contributed by atoms with Crippen LogP contribution in [-0.4, -0.2) is 41.9 Å². The highest BCUT2D eigenvalue weighted by Crippen LogP contribution is 2.26. The lowest BCUT2D eigenvalue weighted by atomic mass is 9.85. The van der Waals surface area contributed by atoms with Crippen LogP contribution in [0.3, 0.4) is 0 Å². The van der Waals surface area contributed by atoms with Crippen LogP contribution in [-0.2, 0) is 9.59 Å². The summed E-state index contributed by atoms with van der Waals surface area (Å²) in [5.41, 5.74) is 5.87. The molecule has 0 bridgehead atoms. The van der Waals surface area contributed by atoms with Crippen LogP contribution in [0.4, 0.5) is 0 Å². The van der Waals surface area contributed by atoms with Crippen LogP contribution >= 0.6 is 0 Å². The third kappa shape index (κ3) is 3.93. The van der Waals surface area contributed by atoms with Crippen LogP contribution in [0.1, 0.15) is 45.4 Å². The molecule has 1 aliphatic heterocycles. The standard InChI is InChI=1S/C14H25N3O2/c1-10(18)16-13-6-8-17(9-7-13)14(19)11-2-4-12(15)5-3-11/h11-13H,2-9,15H2,1H3,(H,16,18). The number of rotatable bonds is 2. The number of hydrogen-bond donors (Lipinski definition) is 2. The summed E-state index contributed by atoms with van der Waals surface area (Å²) in [5, 5.41) is 2.93. The van der Waals surface area contributed by atoms with Gasteiger partial charge in [0.25, 0.3) is 0 Å². The smallest absolute Gasteiger partial charge is 0.225 e. The van der Waals surface area contributed by atoms with Gasteiger partial charge in [0.15, 0.2) is 0 Å². The minimum atomic E-state index is 0.0195. The molecule has 1 heterocycles. The predicted molar refractivity (Wildman–Crippen MR) is 73.4 cm³/mol. The van der Waals surface area contributed by atoms with E-state index in [1.54, 1.807) is 6.92 Å². The van der Waals surface area contributed by atoms with E-state index < -0.39 is 0 Å². The molecule has 0 unspecified atom stereocenters. The number of nitrogens with one attached hydrogen (secondary N) is 1. The van der Waals surface area contributed by atoms with E-state index in [4.69, 9.17) is 5.73 Å². The minimum absolute atomic E-state index is 0.0195. The predicted octanol–water partition coefficient (Wildman–Crippen LogP) is 0.631. The highest BCUT2D eigenvalue weighted by Gasteiger charge is 2.30. The molecule has 0 radical (unpaired) electrons.